The lowest BCUT2D eigenvalue weighted by Crippen LogP contribution is -2.39. The molecule has 2 saturated carbocycles. The maximum absolute atomic E-state index is 12.6. The molecule has 0 aliphatic heterocycles. The SMILES string of the molecule is O=C(O)C1CCC(NC(=O)C2CC2c2cccc3ccccc23)CC1. The van der Waals surface area contributed by atoms with E-state index in [-0.39, 0.29) is 23.8 Å². The molecular weight excluding hydrogens is 314 g/mol. The highest BCUT2D eigenvalue weighted by Crippen LogP contribution is 2.49. The second kappa shape index (κ2) is 6.51. The molecule has 2 aliphatic carbocycles. The summed E-state index contributed by atoms with van der Waals surface area (Å²) in [6.45, 7) is 0. The first kappa shape index (κ1) is 16.1. The van der Waals surface area contributed by atoms with E-state index in [4.69, 9.17) is 5.11 Å². The van der Waals surface area contributed by atoms with Crippen molar-refractivity contribution < 1.29 is 14.7 Å². The lowest BCUT2D eigenvalue weighted by atomic mass is 9.86. The van der Waals surface area contributed by atoms with Gasteiger partial charge in [-0.3, -0.25) is 9.59 Å². The van der Waals surface area contributed by atoms with Crippen LogP contribution in [0.4, 0.5) is 0 Å². The molecule has 130 valence electrons. The molecular formula is C21H23NO3. The number of carboxylic acid groups (broad SMARTS) is 1. The molecule has 0 aromatic heterocycles. The van der Waals surface area contributed by atoms with Crippen molar-refractivity contribution in [3.8, 4) is 0 Å². The van der Waals surface area contributed by atoms with Crippen LogP contribution in [0.1, 0.15) is 43.6 Å². The summed E-state index contributed by atoms with van der Waals surface area (Å²) < 4.78 is 0. The molecule has 25 heavy (non-hydrogen) atoms. The quantitative estimate of drug-likeness (QED) is 0.894. The van der Waals surface area contributed by atoms with Gasteiger partial charge in [0.25, 0.3) is 0 Å². The Balaban J connectivity index is 1.38. The van der Waals surface area contributed by atoms with Crippen molar-refractivity contribution in [1.29, 1.82) is 0 Å². The van der Waals surface area contributed by atoms with Crippen LogP contribution in [0.3, 0.4) is 0 Å². The summed E-state index contributed by atoms with van der Waals surface area (Å²) in [4.78, 5) is 23.6. The van der Waals surface area contributed by atoms with Gasteiger partial charge in [-0.1, -0.05) is 42.5 Å². The zero-order chi connectivity index (χ0) is 17.4. The number of fused-ring (bicyclic) bond motifs is 1. The molecule has 4 rings (SSSR count). The normalized spacial score (nSPS) is 28.5. The molecule has 0 radical (unpaired) electrons. The van der Waals surface area contributed by atoms with E-state index in [1.165, 1.54) is 16.3 Å². The predicted molar refractivity (Wildman–Crippen MR) is 96.3 cm³/mol. The molecule has 2 N–H and O–H groups in total. The van der Waals surface area contributed by atoms with Crippen LogP contribution in [-0.2, 0) is 9.59 Å². The predicted octanol–water partition coefficient (Wildman–Crippen LogP) is 3.70. The lowest BCUT2D eigenvalue weighted by Gasteiger charge is -2.26. The summed E-state index contributed by atoms with van der Waals surface area (Å²) >= 11 is 0. The Morgan fingerprint density at radius 2 is 1.68 bits per heavy atom. The number of rotatable bonds is 4. The van der Waals surface area contributed by atoms with E-state index >= 15 is 0 Å². The van der Waals surface area contributed by atoms with Gasteiger partial charge in [0, 0.05) is 12.0 Å². The second-order valence-corrected chi connectivity index (χ2v) is 7.41. The summed E-state index contributed by atoms with van der Waals surface area (Å²) in [6, 6.07) is 14.8. The minimum atomic E-state index is -0.706. The lowest BCUT2D eigenvalue weighted by molar-refractivity contribution is -0.142. The number of benzene rings is 2. The van der Waals surface area contributed by atoms with Gasteiger partial charge >= 0.3 is 5.97 Å². The third-order valence-corrected chi connectivity index (χ3v) is 5.77. The van der Waals surface area contributed by atoms with Crippen molar-refractivity contribution in [3.63, 3.8) is 0 Å². The molecule has 2 atom stereocenters. The van der Waals surface area contributed by atoms with E-state index in [0.29, 0.717) is 18.8 Å². The molecule has 2 aromatic rings. The van der Waals surface area contributed by atoms with E-state index in [1.54, 1.807) is 0 Å². The summed E-state index contributed by atoms with van der Waals surface area (Å²) in [5.74, 6) is -0.443. The van der Waals surface area contributed by atoms with Crippen molar-refractivity contribution in [2.24, 2.45) is 11.8 Å². The maximum atomic E-state index is 12.6. The smallest absolute Gasteiger partial charge is 0.306 e. The fraction of sp³-hybridized carbons (Fsp3) is 0.429. The van der Waals surface area contributed by atoms with Crippen molar-refractivity contribution in [2.75, 3.05) is 0 Å². The van der Waals surface area contributed by atoms with Gasteiger partial charge in [0.2, 0.25) is 5.91 Å². The van der Waals surface area contributed by atoms with Gasteiger partial charge in [0.05, 0.1) is 5.92 Å². The Hall–Kier alpha value is -2.36. The largest absolute Gasteiger partial charge is 0.481 e. The third-order valence-electron chi connectivity index (χ3n) is 5.77. The molecule has 2 aromatic carbocycles. The van der Waals surface area contributed by atoms with Crippen LogP contribution in [0.15, 0.2) is 42.5 Å². The highest BCUT2D eigenvalue weighted by Gasteiger charge is 2.45. The van der Waals surface area contributed by atoms with Crippen molar-refractivity contribution in [1.82, 2.24) is 5.32 Å². The first-order valence-corrected chi connectivity index (χ1v) is 9.14. The minimum absolute atomic E-state index is 0.0583. The third kappa shape index (κ3) is 3.26. The minimum Gasteiger partial charge on any atom is -0.481 e. The average Bonchev–Trinajstić information content (AvgIpc) is 3.42. The van der Waals surface area contributed by atoms with Crippen LogP contribution in [0, 0.1) is 11.8 Å². The summed E-state index contributed by atoms with van der Waals surface area (Å²) in [5, 5.41) is 14.7. The zero-order valence-corrected chi connectivity index (χ0v) is 14.2. The van der Waals surface area contributed by atoms with E-state index in [2.05, 4.69) is 35.6 Å². The van der Waals surface area contributed by atoms with Crippen LogP contribution in [-0.4, -0.2) is 23.0 Å². The number of hydrogen-bond acceptors (Lipinski definition) is 2. The molecule has 2 fully saturated rings. The second-order valence-electron chi connectivity index (χ2n) is 7.41. The topological polar surface area (TPSA) is 66.4 Å². The Morgan fingerprint density at radius 3 is 2.44 bits per heavy atom. The molecule has 0 heterocycles. The Bertz CT molecular complexity index is 802. The Labute approximate surface area is 147 Å². The Kier molecular flexibility index (Phi) is 4.20. The van der Waals surface area contributed by atoms with Crippen molar-refractivity contribution in [2.45, 2.75) is 44.1 Å². The van der Waals surface area contributed by atoms with Crippen molar-refractivity contribution in [3.05, 3.63) is 48.0 Å². The van der Waals surface area contributed by atoms with Crippen LogP contribution in [0.25, 0.3) is 10.8 Å². The molecule has 2 unspecified atom stereocenters. The number of carbonyl (C=O) groups is 2. The fourth-order valence-electron chi connectivity index (χ4n) is 4.20. The summed E-state index contributed by atoms with van der Waals surface area (Å²) in [7, 11) is 0. The number of nitrogens with one attached hydrogen (secondary N) is 1. The fourth-order valence-corrected chi connectivity index (χ4v) is 4.20. The number of hydrogen-bond donors (Lipinski definition) is 2. The molecule has 0 spiro atoms. The highest BCUT2D eigenvalue weighted by atomic mass is 16.4. The standard InChI is InChI=1S/C21H23NO3/c23-20(22-15-10-8-14(9-11-15)21(24)25)19-12-18(19)17-7-3-5-13-4-1-2-6-16(13)17/h1-7,14-15,18-19H,8-12H2,(H,22,23)(H,24,25). The van der Waals surface area contributed by atoms with E-state index in [1.807, 2.05) is 12.1 Å². The summed E-state index contributed by atoms with van der Waals surface area (Å²) in [5.41, 5.74) is 1.27. The molecule has 0 saturated heterocycles. The number of carbonyl (C=O) groups excluding carboxylic acids is 1. The summed E-state index contributed by atoms with van der Waals surface area (Å²) in [6.07, 6.45) is 3.78. The van der Waals surface area contributed by atoms with Crippen LogP contribution in [0.5, 0.6) is 0 Å². The van der Waals surface area contributed by atoms with E-state index in [9.17, 15) is 9.59 Å². The van der Waals surface area contributed by atoms with Crippen LogP contribution < -0.4 is 5.32 Å². The van der Waals surface area contributed by atoms with Crippen LogP contribution in [0.2, 0.25) is 0 Å². The Morgan fingerprint density at radius 1 is 0.960 bits per heavy atom. The first-order valence-electron chi connectivity index (χ1n) is 9.14. The molecule has 4 nitrogen and oxygen atoms in total. The maximum Gasteiger partial charge on any atom is 0.306 e. The van der Waals surface area contributed by atoms with Gasteiger partial charge in [-0.2, -0.15) is 0 Å². The number of aliphatic carboxylic acids is 1. The monoisotopic (exact) mass is 337 g/mol. The molecule has 1 amide bonds. The van der Waals surface area contributed by atoms with Gasteiger partial charge < -0.3 is 10.4 Å². The highest BCUT2D eigenvalue weighted by molar-refractivity contribution is 5.89. The van der Waals surface area contributed by atoms with Gasteiger partial charge in [-0.05, 0) is 54.4 Å². The average molecular weight is 337 g/mol. The van der Waals surface area contributed by atoms with Gasteiger partial charge in [-0.15, -0.1) is 0 Å². The van der Waals surface area contributed by atoms with Gasteiger partial charge in [0.1, 0.15) is 0 Å². The van der Waals surface area contributed by atoms with E-state index in [0.717, 1.165) is 19.3 Å². The molecule has 0 bridgehead atoms. The van der Waals surface area contributed by atoms with Gasteiger partial charge in [0.15, 0.2) is 0 Å². The first-order chi connectivity index (χ1) is 12.1. The zero-order valence-electron chi connectivity index (χ0n) is 14.2. The molecule has 4 heteroatoms. The van der Waals surface area contributed by atoms with Crippen molar-refractivity contribution >= 4 is 22.6 Å². The number of amides is 1. The van der Waals surface area contributed by atoms with Gasteiger partial charge in [-0.25, -0.2) is 0 Å². The molecule has 2 aliphatic rings. The van der Waals surface area contributed by atoms with Crippen LogP contribution >= 0.6 is 0 Å². The van der Waals surface area contributed by atoms with E-state index < -0.39 is 5.97 Å². The number of carboxylic acids is 1.